The molecule has 1 aliphatic rings. The molecular weight excluding hydrogens is 408 g/mol. The second-order valence-corrected chi connectivity index (χ2v) is 8.90. The van der Waals surface area contributed by atoms with Crippen molar-refractivity contribution in [1.82, 2.24) is 14.5 Å². The second-order valence-electron chi connectivity index (χ2n) is 8.90. The molecule has 1 fully saturated rings. The standard InChI is InChI=1S/C24H28N4O4/c1-24(2,3)32-23(30)27-12-9-19(10-13-27)28-11-5-8-20(28)22(29)26-18-7-4-6-17(14-18)21-15-25-16-31-21/h4-8,11,14-16,19H,9-10,12-13H2,1-3H3,(H,26,29). The van der Waals surface area contributed by atoms with E-state index in [1.54, 1.807) is 11.1 Å². The fourth-order valence-electron chi connectivity index (χ4n) is 3.86. The number of rotatable bonds is 4. The molecule has 2 amide bonds. The predicted molar refractivity (Wildman–Crippen MR) is 120 cm³/mol. The number of hydrogen-bond donors (Lipinski definition) is 1. The van der Waals surface area contributed by atoms with Gasteiger partial charge in [0.15, 0.2) is 12.2 Å². The Morgan fingerprint density at radius 3 is 2.62 bits per heavy atom. The molecule has 4 rings (SSSR count). The van der Waals surface area contributed by atoms with Crippen molar-refractivity contribution < 1.29 is 18.7 Å². The van der Waals surface area contributed by atoms with Gasteiger partial charge in [-0.2, -0.15) is 0 Å². The van der Waals surface area contributed by atoms with Crippen LogP contribution in [0.15, 0.2) is 59.6 Å². The quantitative estimate of drug-likeness (QED) is 0.624. The molecule has 168 valence electrons. The van der Waals surface area contributed by atoms with Gasteiger partial charge < -0.3 is 23.9 Å². The van der Waals surface area contributed by atoms with Crippen molar-refractivity contribution >= 4 is 17.7 Å². The van der Waals surface area contributed by atoms with Crippen molar-refractivity contribution in [3.8, 4) is 11.3 Å². The minimum absolute atomic E-state index is 0.143. The van der Waals surface area contributed by atoms with Gasteiger partial charge in [0.2, 0.25) is 0 Å². The molecule has 0 atom stereocenters. The van der Waals surface area contributed by atoms with Crippen LogP contribution in [0.1, 0.15) is 50.1 Å². The summed E-state index contributed by atoms with van der Waals surface area (Å²) in [6.07, 6.45) is 6.17. The number of anilines is 1. The number of aromatic nitrogens is 2. The van der Waals surface area contributed by atoms with Gasteiger partial charge >= 0.3 is 6.09 Å². The van der Waals surface area contributed by atoms with E-state index in [1.807, 2.05) is 67.9 Å². The SMILES string of the molecule is CC(C)(C)OC(=O)N1CCC(n2cccc2C(=O)Nc2cccc(-c3cnco3)c2)CC1. The van der Waals surface area contributed by atoms with Crippen LogP contribution in [0, 0.1) is 0 Å². The molecule has 0 saturated carbocycles. The zero-order valence-electron chi connectivity index (χ0n) is 18.6. The number of nitrogens with one attached hydrogen (secondary N) is 1. The van der Waals surface area contributed by atoms with E-state index in [-0.39, 0.29) is 18.0 Å². The summed E-state index contributed by atoms with van der Waals surface area (Å²) in [5.41, 5.74) is 1.59. The van der Waals surface area contributed by atoms with Crippen LogP contribution in [-0.4, -0.2) is 45.1 Å². The van der Waals surface area contributed by atoms with E-state index >= 15 is 0 Å². The number of piperidine rings is 1. The van der Waals surface area contributed by atoms with Gasteiger partial charge in [0, 0.05) is 36.6 Å². The van der Waals surface area contributed by atoms with Crippen molar-refractivity contribution in [3.63, 3.8) is 0 Å². The predicted octanol–water partition coefficient (Wildman–Crippen LogP) is 4.97. The summed E-state index contributed by atoms with van der Waals surface area (Å²) in [5.74, 6) is 0.459. The van der Waals surface area contributed by atoms with E-state index in [2.05, 4.69) is 10.3 Å². The van der Waals surface area contributed by atoms with Crippen LogP contribution in [0.5, 0.6) is 0 Å². The lowest BCUT2D eigenvalue weighted by molar-refractivity contribution is 0.0187. The lowest BCUT2D eigenvalue weighted by Crippen LogP contribution is -2.42. The van der Waals surface area contributed by atoms with Gasteiger partial charge in [-0.3, -0.25) is 4.79 Å². The molecule has 2 aromatic heterocycles. The number of ether oxygens (including phenoxy) is 1. The van der Waals surface area contributed by atoms with Crippen LogP contribution in [0.4, 0.5) is 10.5 Å². The Kier molecular flexibility index (Phi) is 6.03. The van der Waals surface area contributed by atoms with Crippen LogP contribution >= 0.6 is 0 Å². The molecular formula is C24H28N4O4. The summed E-state index contributed by atoms with van der Waals surface area (Å²) in [4.78, 5) is 31.0. The molecule has 3 heterocycles. The highest BCUT2D eigenvalue weighted by Gasteiger charge is 2.28. The van der Waals surface area contributed by atoms with Crippen LogP contribution in [0.3, 0.4) is 0 Å². The van der Waals surface area contributed by atoms with E-state index in [0.29, 0.717) is 30.2 Å². The number of carbonyl (C=O) groups is 2. The Hall–Kier alpha value is -3.55. The molecule has 0 radical (unpaired) electrons. The van der Waals surface area contributed by atoms with E-state index in [4.69, 9.17) is 9.15 Å². The van der Waals surface area contributed by atoms with E-state index < -0.39 is 5.60 Å². The van der Waals surface area contributed by atoms with Gasteiger partial charge in [0.25, 0.3) is 5.91 Å². The van der Waals surface area contributed by atoms with E-state index in [0.717, 1.165) is 18.4 Å². The Balaban J connectivity index is 1.40. The van der Waals surface area contributed by atoms with Gasteiger partial charge in [-0.25, -0.2) is 9.78 Å². The van der Waals surface area contributed by atoms with Gasteiger partial charge in [-0.1, -0.05) is 12.1 Å². The first kappa shape index (κ1) is 21.7. The number of amides is 2. The topological polar surface area (TPSA) is 89.6 Å². The molecule has 1 aromatic carbocycles. The molecule has 3 aromatic rings. The molecule has 1 saturated heterocycles. The Morgan fingerprint density at radius 1 is 1.16 bits per heavy atom. The highest BCUT2D eigenvalue weighted by Crippen LogP contribution is 2.27. The van der Waals surface area contributed by atoms with Gasteiger partial charge in [0.1, 0.15) is 11.3 Å². The first-order valence-electron chi connectivity index (χ1n) is 10.8. The zero-order chi connectivity index (χ0) is 22.7. The molecule has 0 unspecified atom stereocenters. The number of carbonyl (C=O) groups excluding carboxylic acids is 2. The maximum atomic E-state index is 13.0. The molecule has 0 spiro atoms. The number of benzene rings is 1. The fourth-order valence-corrected chi connectivity index (χ4v) is 3.86. The van der Waals surface area contributed by atoms with Gasteiger partial charge in [-0.15, -0.1) is 0 Å². The molecule has 0 bridgehead atoms. The molecule has 0 aliphatic carbocycles. The van der Waals surface area contributed by atoms with Crippen LogP contribution in [-0.2, 0) is 4.74 Å². The van der Waals surface area contributed by atoms with Crippen molar-refractivity contribution in [3.05, 3.63) is 60.9 Å². The fraction of sp³-hybridized carbons (Fsp3) is 0.375. The summed E-state index contributed by atoms with van der Waals surface area (Å²) in [6.45, 7) is 6.78. The first-order chi connectivity index (χ1) is 15.3. The molecule has 32 heavy (non-hydrogen) atoms. The normalized spacial score (nSPS) is 14.9. The van der Waals surface area contributed by atoms with E-state index in [9.17, 15) is 9.59 Å². The minimum atomic E-state index is -0.510. The summed E-state index contributed by atoms with van der Waals surface area (Å²) in [7, 11) is 0. The highest BCUT2D eigenvalue weighted by molar-refractivity contribution is 6.03. The smallest absolute Gasteiger partial charge is 0.410 e. The summed E-state index contributed by atoms with van der Waals surface area (Å²) in [5, 5.41) is 2.97. The van der Waals surface area contributed by atoms with Crippen molar-refractivity contribution in [2.45, 2.75) is 45.3 Å². The van der Waals surface area contributed by atoms with Crippen LogP contribution < -0.4 is 5.32 Å². The zero-order valence-corrected chi connectivity index (χ0v) is 18.6. The second kappa shape index (κ2) is 8.90. The van der Waals surface area contributed by atoms with Crippen LogP contribution in [0.2, 0.25) is 0 Å². The van der Waals surface area contributed by atoms with E-state index in [1.165, 1.54) is 6.39 Å². The minimum Gasteiger partial charge on any atom is -0.444 e. The third-order valence-corrected chi connectivity index (χ3v) is 5.36. The molecule has 1 N–H and O–H groups in total. The first-order valence-corrected chi connectivity index (χ1v) is 10.8. The summed E-state index contributed by atoms with van der Waals surface area (Å²) < 4.78 is 12.8. The largest absolute Gasteiger partial charge is 0.444 e. The maximum absolute atomic E-state index is 13.0. The monoisotopic (exact) mass is 436 g/mol. The third kappa shape index (κ3) is 5.01. The molecule has 8 heteroatoms. The van der Waals surface area contributed by atoms with Gasteiger partial charge in [0.05, 0.1) is 6.20 Å². The lowest BCUT2D eigenvalue weighted by Gasteiger charge is -2.34. The van der Waals surface area contributed by atoms with Crippen molar-refractivity contribution in [1.29, 1.82) is 0 Å². The van der Waals surface area contributed by atoms with Gasteiger partial charge in [-0.05, 0) is 57.9 Å². The summed E-state index contributed by atoms with van der Waals surface area (Å²) in [6, 6.07) is 11.3. The molecule has 8 nitrogen and oxygen atoms in total. The van der Waals surface area contributed by atoms with Crippen molar-refractivity contribution in [2.24, 2.45) is 0 Å². The number of oxazole rings is 1. The molecule has 1 aliphatic heterocycles. The average molecular weight is 437 g/mol. The Labute approximate surface area is 187 Å². The number of likely N-dealkylation sites (tertiary alicyclic amines) is 1. The van der Waals surface area contributed by atoms with Crippen LogP contribution in [0.25, 0.3) is 11.3 Å². The lowest BCUT2D eigenvalue weighted by atomic mass is 10.0. The summed E-state index contributed by atoms with van der Waals surface area (Å²) >= 11 is 0. The average Bonchev–Trinajstić information content (AvgIpc) is 3.45. The Morgan fingerprint density at radius 2 is 1.94 bits per heavy atom. The number of nitrogens with zero attached hydrogens (tertiary/aromatic N) is 3. The number of hydrogen-bond acceptors (Lipinski definition) is 5. The Bertz CT molecular complexity index is 1070. The maximum Gasteiger partial charge on any atom is 0.410 e. The van der Waals surface area contributed by atoms with Crippen molar-refractivity contribution in [2.75, 3.05) is 18.4 Å². The highest BCUT2D eigenvalue weighted by atomic mass is 16.6. The third-order valence-electron chi connectivity index (χ3n) is 5.36.